The van der Waals surface area contributed by atoms with Crippen molar-refractivity contribution in [2.75, 3.05) is 24.7 Å². The molecule has 5 rings (SSSR count). The van der Waals surface area contributed by atoms with Crippen LogP contribution in [0.5, 0.6) is 0 Å². The molecule has 3 heterocycles. The van der Waals surface area contributed by atoms with E-state index in [-0.39, 0.29) is 36.0 Å². The minimum atomic E-state index is -3.97. The molecule has 2 aromatic heterocycles. The van der Waals surface area contributed by atoms with Crippen molar-refractivity contribution in [2.45, 2.75) is 12.8 Å². The number of aromatic nitrogens is 3. The average molecular weight is 585 g/mol. The topological polar surface area (TPSA) is 164 Å². The number of benzene rings is 2. The number of hydrogen-bond acceptors (Lipinski definition) is 7. The van der Waals surface area contributed by atoms with Gasteiger partial charge >= 0.3 is 6.09 Å². The Bertz CT molecular complexity index is 1820. The molecule has 41 heavy (non-hydrogen) atoms. The summed E-state index contributed by atoms with van der Waals surface area (Å²) in [5.74, 6) is -3.55. The summed E-state index contributed by atoms with van der Waals surface area (Å²) < 4.78 is 55.0. The van der Waals surface area contributed by atoms with E-state index in [1.807, 2.05) is 4.72 Å². The van der Waals surface area contributed by atoms with Crippen LogP contribution in [0.25, 0.3) is 27.8 Å². The number of carboxylic acid groups (broad SMARTS) is 1. The number of nitrogens with zero attached hydrogens (tertiary/aromatic N) is 4. The van der Waals surface area contributed by atoms with E-state index in [0.29, 0.717) is 34.0 Å². The van der Waals surface area contributed by atoms with Crippen LogP contribution in [0.2, 0.25) is 0 Å². The highest BCUT2D eigenvalue weighted by atomic mass is 32.2. The van der Waals surface area contributed by atoms with Crippen molar-refractivity contribution in [3.05, 3.63) is 71.6 Å². The molecule has 0 atom stereocenters. The van der Waals surface area contributed by atoms with Gasteiger partial charge in [-0.25, -0.2) is 36.4 Å². The molecule has 1 saturated heterocycles. The van der Waals surface area contributed by atoms with Crippen molar-refractivity contribution in [3.63, 3.8) is 0 Å². The molecule has 4 aromatic rings. The van der Waals surface area contributed by atoms with Crippen LogP contribution >= 0.6 is 0 Å². The van der Waals surface area contributed by atoms with Gasteiger partial charge in [0.25, 0.3) is 5.91 Å². The Labute approximate surface area is 231 Å². The van der Waals surface area contributed by atoms with Crippen LogP contribution in [-0.2, 0) is 14.8 Å². The summed E-state index contributed by atoms with van der Waals surface area (Å²) in [6.45, 7) is 1.54. The second kappa shape index (κ2) is 10.2. The van der Waals surface area contributed by atoms with Crippen LogP contribution in [0.15, 0.2) is 48.5 Å². The number of carbonyl (C=O) groups is 3. The molecule has 12 nitrogen and oxygen atoms in total. The normalized spacial score (nSPS) is 13.6. The molecule has 0 aliphatic carbocycles. The maximum Gasteiger partial charge on any atom is 0.407 e. The van der Waals surface area contributed by atoms with E-state index in [4.69, 9.17) is 0 Å². The van der Waals surface area contributed by atoms with Crippen LogP contribution in [0.3, 0.4) is 0 Å². The van der Waals surface area contributed by atoms with Gasteiger partial charge in [-0.15, -0.1) is 0 Å². The fourth-order valence-electron chi connectivity index (χ4n) is 4.58. The third-order valence-corrected chi connectivity index (χ3v) is 6.88. The second-order valence-electron chi connectivity index (χ2n) is 9.52. The number of amides is 3. The molecule has 3 amide bonds. The molecule has 0 saturated carbocycles. The lowest BCUT2D eigenvalue weighted by Gasteiger charge is -2.36. The Hall–Kier alpha value is -4.92. The molecule has 0 bridgehead atoms. The lowest BCUT2D eigenvalue weighted by molar-refractivity contribution is -0.114. The van der Waals surface area contributed by atoms with E-state index in [0.717, 1.165) is 23.1 Å². The zero-order valence-electron chi connectivity index (χ0n) is 21.6. The number of halogens is 2. The molecule has 1 fully saturated rings. The third-order valence-electron chi connectivity index (χ3n) is 6.32. The summed E-state index contributed by atoms with van der Waals surface area (Å²) in [7, 11) is -3.97. The van der Waals surface area contributed by atoms with Crippen LogP contribution in [0.1, 0.15) is 29.0 Å². The highest BCUT2D eigenvalue weighted by Gasteiger charge is 2.36. The molecule has 2 aromatic carbocycles. The Kier molecular flexibility index (Phi) is 6.90. The number of rotatable bonds is 6. The second-order valence-corrected chi connectivity index (χ2v) is 11.3. The fourth-order valence-corrected chi connectivity index (χ4v) is 5.02. The SMILES string of the molecule is CC(=O)Nc1ccc(-c2cc(C(=O)NS(C)(=O)=O)nc3c2c(C2CN(C(=O)O)C2)nn3-c2cc(F)cc(F)c2)cc1. The van der Waals surface area contributed by atoms with Crippen LogP contribution in [0, 0.1) is 11.6 Å². The summed E-state index contributed by atoms with van der Waals surface area (Å²) in [5, 5.41) is 16.9. The van der Waals surface area contributed by atoms with Gasteiger partial charge in [-0.05, 0) is 41.5 Å². The number of sulfonamides is 1. The largest absolute Gasteiger partial charge is 0.465 e. The number of pyridine rings is 1. The maximum absolute atomic E-state index is 14.2. The van der Waals surface area contributed by atoms with Crippen molar-refractivity contribution in [1.82, 2.24) is 24.4 Å². The number of hydrogen-bond donors (Lipinski definition) is 3. The zero-order valence-corrected chi connectivity index (χ0v) is 22.4. The van der Waals surface area contributed by atoms with Crippen molar-refractivity contribution in [2.24, 2.45) is 0 Å². The predicted octanol–water partition coefficient (Wildman–Crippen LogP) is 3.09. The van der Waals surface area contributed by atoms with Gasteiger partial charge in [0.15, 0.2) is 5.65 Å². The van der Waals surface area contributed by atoms with Gasteiger partial charge in [-0.1, -0.05) is 12.1 Å². The molecule has 0 unspecified atom stereocenters. The predicted molar refractivity (Wildman–Crippen MR) is 143 cm³/mol. The highest BCUT2D eigenvalue weighted by Crippen LogP contribution is 2.39. The number of fused-ring (bicyclic) bond motifs is 1. The quantitative estimate of drug-likeness (QED) is 0.311. The lowest BCUT2D eigenvalue weighted by Crippen LogP contribution is -2.48. The zero-order chi connectivity index (χ0) is 29.6. The monoisotopic (exact) mass is 584 g/mol. The first-order valence-corrected chi connectivity index (χ1v) is 14.0. The summed E-state index contributed by atoms with van der Waals surface area (Å²) in [6, 6.07) is 10.6. The van der Waals surface area contributed by atoms with E-state index in [9.17, 15) is 36.7 Å². The van der Waals surface area contributed by atoms with Gasteiger partial charge < -0.3 is 15.3 Å². The highest BCUT2D eigenvalue weighted by molar-refractivity contribution is 7.89. The van der Waals surface area contributed by atoms with Gasteiger partial charge in [0, 0.05) is 37.7 Å². The standard InChI is InChI=1S/C26H22F2N6O6S/c1-13(35)29-18-5-3-14(4-6-18)20-10-21(25(36)32-41(2,39)40)30-24-22(20)23(15-11-33(12-15)26(37)38)31-34(24)19-8-16(27)7-17(28)9-19/h3-10,15H,11-12H2,1-2H3,(H,29,35)(H,32,36)(H,37,38). The van der Waals surface area contributed by atoms with Crippen molar-refractivity contribution < 1.29 is 36.7 Å². The Morgan fingerprint density at radius 1 is 1.02 bits per heavy atom. The summed E-state index contributed by atoms with van der Waals surface area (Å²) in [6.07, 6.45) is -0.322. The Morgan fingerprint density at radius 2 is 1.66 bits per heavy atom. The van der Waals surface area contributed by atoms with E-state index in [2.05, 4.69) is 15.4 Å². The van der Waals surface area contributed by atoms with E-state index in [1.165, 1.54) is 17.9 Å². The molecular weight excluding hydrogens is 562 g/mol. The van der Waals surface area contributed by atoms with Gasteiger partial charge in [0.2, 0.25) is 15.9 Å². The van der Waals surface area contributed by atoms with E-state index < -0.39 is 39.6 Å². The van der Waals surface area contributed by atoms with Crippen molar-refractivity contribution in [1.29, 1.82) is 0 Å². The van der Waals surface area contributed by atoms with Crippen LogP contribution in [0.4, 0.5) is 19.3 Å². The minimum absolute atomic E-state index is 0.0131. The smallest absolute Gasteiger partial charge is 0.407 e. The molecule has 1 aliphatic heterocycles. The average Bonchev–Trinajstić information content (AvgIpc) is 3.20. The van der Waals surface area contributed by atoms with E-state index >= 15 is 0 Å². The Balaban J connectivity index is 1.78. The minimum Gasteiger partial charge on any atom is -0.465 e. The summed E-state index contributed by atoms with van der Waals surface area (Å²) in [4.78, 5) is 41.3. The maximum atomic E-state index is 14.2. The summed E-state index contributed by atoms with van der Waals surface area (Å²) >= 11 is 0. The molecular formula is C26H22F2N6O6S. The van der Waals surface area contributed by atoms with E-state index in [1.54, 1.807) is 24.3 Å². The molecule has 212 valence electrons. The number of nitrogens with one attached hydrogen (secondary N) is 2. The number of likely N-dealkylation sites (tertiary alicyclic amines) is 1. The first-order chi connectivity index (χ1) is 19.3. The number of carbonyl (C=O) groups excluding carboxylic acids is 2. The first kappa shape index (κ1) is 27.6. The third kappa shape index (κ3) is 5.70. The van der Waals surface area contributed by atoms with Gasteiger partial charge in [-0.2, -0.15) is 5.10 Å². The lowest BCUT2D eigenvalue weighted by atomic mass is 9.91. The van der Waals surface area contributed by atoms with Crippen molar-refractivity contribution in [3.8, 4) is 16.8 Å². The molecule has 0 radical (unpaired) electrons. The number of anilines is 1. The fraction of sp³-hybridized carbons (Fsp3) is 0.192. The van der Waals surface area contributed by atoms with Crippen molar-refractivity contribution >= 4 is 44.7 Å². The van der Waals surface area contributed by atoms with Gasteiger partial charge in [0.05, 0.1) is 23.0 Å². The van der Waals surface area contributed by atoms with Crippen LogP contribution < -0.4 is 10.0 Å². The van der Waals surface area contributed by atoms with Crippen LogP contribution in [-0.4, -0.2) is 70.4 Å². The first-order valence-electron chi connectivity index (χ1n) is 12.1. The molecule has 0 spiro atoms. The molecule has 15 heteroatoms. The Morgan fingerprint density at radius 3 is 2.22 bits per heavy atom. The van der Waals surface area contributed by atoms with Gasteiger partial charge in [0.1, 0.15) is 17.3 Å². The summed E-state index contributed by atoms with van der Waals surface area (Å²) in [5.41, 5.74) is 1.34. The molecule has 3 N–H and O–H groups in total. The molecule has 1 aliphatic rings. The van der Waals surface area contributed by atoms with Gasteiger partial charge in [-0.3, -0.25) is 9.59 Å².